The molecule has 3 aromatic rings. The van der Waals surface area contributed by atoms with E-state index in [1.54, 1.807) is 11.3 Å². The molecule has 3 heterocycles. The van der Waals surface area contributed by atoms with E-state index in [0.717, 1.165) is 23.0 Å². The lowest BCUT2D eigenvalue weighted by Gasteiger charge is -2.10. The number of thiazole rings is 1. The standard InChI is InChI=1S/C12H16N6S/c1-7-5-18-10(8(2)16-12(18)19-7)4-13-9(3)11-14-6-15-17-11/h5-6,9,13H,4H2,1-3H3,(H,14,15,17). The lowest BCUT2D eigenvalue weighted by molar-refractivity contribution is 0.539. The number of aryl methyl sites for hydroxylation is 2. The van der Waals surface area contributed by atoms with Crippen LogP contribution in [0.5, 0.6) is 0 Å². The van der Waals surface area contributed by atoms with Crippen LogP contribution in [0.4, 0.5) is 0 Å². The van der Waals surface area contributed by atoms with Crippen LogP contribution in [0, 0.1) is 13.8 Å². The van der Waals surface area contributed by atoms with Gasteiger partial charge in [0.15, 0.2) is 4.96 Å². The molecule has 0 aliphatic heterocycles. The van der Waals surface area contributed by atoms with E-state index in [0.29, 0.717) is 0 Å². The number of hydrogen-bond acceptors (Lipinski definition) is 5. The second-order valence-electron chi connectivity index (χ2n) is 4.61. The van der Waals surface area contributed by atoms with Gasteiger partial charge in [0.2, 0.25) is 0 Å². The van der Waals surface area contributed by atoms with E-state index in [9.17, 15) is 0 Å². The minimum Gasteiger partial charge on any atom is -0.302 e. The number of rotatable bonds is 4. The number of aromatic nitrogens is 5. The summed E-state index contributed by atoms with van der Waals surface area (Å²) in [4.78, 5) is 11.1. The highest BCUT2D eigenvalue weighted by molar-refractivity contribution is 7.17. The predicted molar refractivity (Wildman–Crippen MR) is 74.2 cm³/mol. The van der Waals surface area contributed by atoms with Gasteiger partial charge in [-0.2, -0.15) is 5.10 Å². The summed E-state index contributed by atoms with van der Waals surface area (Å²) in [6, 6.07) is 0.132. The number of imidazole rings is 1. The number of hydrogen-bond donors (Lipinski definition) is 2. The van der Waals surface area contributed by atoms with Crippen molar-refractivity contribution in [1.82, 2.24) is 29.9 Å². The van der Waals surface area contributed by atoms with Crippen molar-refractivity contribution >= 4 is 16.3 Å². The van der Waals surface area contributed by atoms with Crippen LogP contribution in [0.25, 0.3) is 4.96 Å². The van der Waals surface area contributed by atoms with Gasteiger partial charge in [0.25, 0.3) is 0 Å². The summed E-state index contributed by atoms with van der Waals surface area (Å²) < 4.78 is 2.16. The molecule has 0 saturated carbocycles. The fourth-order valence-electron chi connectivity index (χ4n) is 2.09. The number of H-pyrrole nitrogens is 1. The Morgan fingerprint density at radius 1 is 1.47 bits per heavy atom. The molecular weight excluding hydrogens is 260 g/mol. The molecule has 0 aromatic carbocycles. The van der Waals surface area contributed by atoms with Gasteiger partial charge in [0.05, 0.1) is 17.4 Å². The monoisotopic (exact) mass is 276 g/mol. The Morgan fingerprint density at radius 2 is 2.32 bits per heavy atom. The highest BCUT2D eigenvalue weighted by Gasteiger charge is 2.13. The van der Waals surface area contributed by atoms with Crippen molar-refractivity contribution in [1.29, 1.82) is 0 Å². The van der Waals surface area contributed by atoms with E-state index in [-0.39, 0.29) is 6.04 Å². The quantitative estimate of drug-likeness (QED) is 0.764. The molecule has 0 saturated heterocycles. The maximum atomic E-state index is 4.58. The fraction of sp³-hybridized carbons (Fsp3) is 0.417. The third kappa shape index (κ3) is 2.26. The topological polar surface area (TPSA) is 70.9 Å². The first-order chi connectivity index (χ1) is 9.15. The van der Waals surface area contributed by atoms with Crippen LogP contribution < -0.4 is 5.32 Å². The van der Waals surface area contributed by atoms with E-state index in [2.05, 4.69) is 49.9 Å². The van der Waals surface area contributed by atoms with Crippen molar-refractivity contribution in [3.8, 4) is 0 Å². The van der Waals surface area contributed by atoms with Crippen LogP contribution in [0.2, 0.25) is 0 Å². The largest absolute Gasteiger partial charge is 0.302 e. The van der Waals surface area contributed by atoms with Crippen molar-refractivity contribution in [2.24, 2.45) is 0 Å². The molecule has 19 heavy (non-hydrogen) atoms. The first-order valence-electron chi connectivity index (χ1n) is 6.17. The van der Waals surface area contributed by atoms with Gasteiger partial charge in [0, 0.05) is 17.6 Å². The Balaban J connectivity index is 1.79. The zero-order chi connectivity index (χ0) is 13.4. The molecule has 3 rings (SSSR count). The molecule has 0 radical (unpaired) electrons. The van der Waals surface area contributed by atoms with Gasteiger partial charge in [-0.15, -0.1) is 11.3 Å². The predicted octanol–water partition coefficient (Wildman–Crippen LogP) is 1.98. The van der Waals surface area contributed by atoms with Crippen LogP contribution in [-0.2, 0) is 6.54 Å². The summed E-state index contributed by atoms with van der Waals surface area (Å²) in [5, 5.41) is 10.2. The first kappa shape index (κ1) is 12.3. The molecule has 0 bridgehead atoms. The molecule has 0 aliphatic rings. The summed E-state index contributed by atoms with van der Waals surface area (Å²) >= 11 is 1.71. The van der Waals surface area contributed by atoms with Crippen LogP contribution in [0.15, 0.2) is 12.5 Å². The normalized spacial score (nSPS) is 13.2. The summed E-state index contributed by atoms with van der Waals surface area (Å²) in [7, 11) is 0. The second kappa shape index (κ2) is 4.75. The fourth-order valence-corrected chi connectivity index (χ4v) is 2.98. The number of nitrogens with one attached hydrogen (secondary N) is 2. The Hall–Kier alpha value is -1.73. The zero-order valence-electron chi connectivity index (χ0n) is 11.1. The van der Waals surface area contributed by atoms with E-state index >= 15 is 0 Å². The van der Waals surface area contributed by atoms with Crippen molar-refractivity contribution in [3.05, 3.63) is 34.6 Å². The Labute approximate surface area is 114 Å². The van der Waals surface area contributed by atoms with Crippen LogP contribution in [0.3, 0.4) is 0 Å². The van der Waals surface area contributed by atoms with Crippen molar-refractivity contribution in [2.75, 3.05) is 0 Å². The lowest BCUT2D eigenvalue weighted by Crippen LogP contribution is -2.20. The Kier molecular flexibility index (Phi) is 3.08. The van der Waals surface area contributed by atoms with Crippen LogP contribution in [0.1, 0.15) is 35.1 Å². The molecule has 2 N–H and O–H groups in total. The van der Waals surface area contributed by atoms with E-state index < -0.39 is 0 Å². The molecule has 0 spiro atoms. The SMILES string of the molecule is Cc1cn2c(CNC(C)c3ncn[nH]3)c(C)nc2s1. The zero-order valence-corrected chi connectivity index (χ0v) is 12.0. The summed E-state index contributed by atoms with van der Waals surface area (Å²) in [6.07, 6.45) is 3.66. The van der Waals surface area contributed by atoms with Gasteiger partial charge in [0.1, 0.15) is 12.2 Å². The molecule has 7 heteroatoms. The van der Waals surface area contributed by atoms with Gasteiger partial charge in [-0.1, -0.05) is 0 Å². The number of nitrogens with zero attached hydrogens (tertiary/aromatic N) is 4. The number of fused-ring (bicyclic) bond motifs is 1. The minimum absolute atomic E-state index is 0.132. The maximum absolute atomic E-state index is 4.58. The highest BCUT2D eigenvalue weighted by atomic mass is 32.1. The maximum Gasteiger partial charge on any atom is 0.194 e. The molecule has 0 fully saturated rings. The highest BCUT2D eigenvalue weighted by Crippen LogP contribution is 2.21. The summed E-state index contributed by atoms with van der Waals surface area (Å²) in [5.74, 6) is 0.847. The van der Waals surface area contributed by atoms with E-state index in [4.69, 9.17) is 0 Å². The lowest BCUT2D eigenvalue weighted by atomic mass is 10.3. The van der Waals surface area contributed by atoms with Gasteiger partial charge < -0.3 is 5.32 Å². The molecule has 100 valence electrons. The smallest absolute Gasteiger partial charge is 0.194 e. The molecule has 6 nitrogen and oxygen atoms in total. The van der Waals surface area contributed by atoms with Gasteiger partial charge in [-0.05, 0) is 20.8 Å². The molecule has 3 aromatic heterocycles. The van der Waals surface area contributed by atoms with E-state index in [1.807, 2.05) is 6.92 Å². The van der Waals surface area contributed by atoms with E-state index in [1.165, 1.54) is 16.9 Å². The average molecular weight is 276 g/mol. The molecule has 1 atom stereocenters. The average Bonchev–Trinajstić information content (AvgIpc) is 3.03. The minimum atomic E-state index is 0.132. The first-order valence-corrected chi connectivity index (χ1v) is 6.99. The van der Waals surface area contributed by atoms with Crippen LogP contribution in [-0.4, -0.2) is 24.6 Å². The van der Waals surface area contributed by atoms with Crippen LogP contribution >= 0.6 is 11.3 Å². The molecule has 0 aliphatic carbocycles. The number of aromatic amines is 1. The third-order valence-electron chi connectivity index (χ3n) is 3.16. The van der Waals surface area contributed by atoms with Gasteiger partial charge in [-0.3, -0.25) is 9.50 Å². The third-order valence-corrected chi connectivity index (χ3v) is 4.06. The van der Waals surface area contributed by atoms with Crippen molar-refractivity contribution in [3.63, 3.8) is 0 Å². The van der Waals surface area contributed by atoms with Gasteiger partial charge in [-0.25, -0.2) is 9.97 Å². The Morgan fingerprint density at radius 3 is 3.05 bits per heavy atom. The molecule has 1 unspecified atom stereocenters. The second-order valence-corrected chi connectivity index (χ2v) is 5.82. The van der Waals surface area contributed by atoms with Crippen molar-refractivity contribution < 1.29 is 0 Å². The summed E-state index contributed by atoms with van der Waals surface area (Å²) in [6.45, 7) is 6.96. The van der Waals surface area contributed by atoms with Crippen molar-refractivity contribution in [2.45, 2.75) is 33.4 Å². The molecule has 0 amide bonds. The summed E-state index contributed by atoms with van der Waals surface area (Å²) in [5.41, 5.74) is 2.27. The Bertz CT molecular complexity index is 681. The molecular formula is C12H16N6S. The van der Waals surface area contributed by atoms with Gasteiger partial charge >= 0.3 is 0 Å².